The predicted octanol–water partition coefficient (Wildman–Crippen LogP) is 0.376. The minimum absolute atomic E-state index is 0.183. The summed E-state index contributed by atoms with van der Waals surface area (Å²) in [4.78, 5) is 4.81. The van der Waals surface area contributed by atoms with Crippen molar-refractivity contribution in [2.45, 2.75) is 31.9 Å². The fourth-order valence-corrected chi connectivity index (χ4v) is 2.40. The Bertz CT molecular complexity index is 189. The van der Waals surface area contributed by atoms with E-state index in [0.29, 0.717) is 12.6 Å². The first-order valence-corrected chi connectivity index (χ1v) is 6.37. The molecule has 2 atom stereocenters. The third-order valence-electron chi connectivity index (χ3n) is 3.38. The van der Waals surface area contributed by atoms with Gasteiger partial charge in [0.15, 0.2) is 0 Å². The maximum absolute atomic E-state index is 5.70. The molecule has 16 heavy (non-hydrogen) atoms. The number of nitrogens with zero attached hydrogens (tertiary/aromatic N) is 2. The first kappa shape index (κ1) is 13.9. The van der Waals surface area contributed by atoms with Crippen molar-refractivity contribution in [1.29, 1.82) is 0 Å². The molecule has 1 aliphatic heterocycles. The molecule has 0 spiro atoms. The fraction of sp³-hybridized carbons (Fsp3) is 1.00. The molecule has 1 aliphatic rings. The quantitative estimate of drug-likeness (QED) is 0.715. The largest absolute Gasteiger partial charge is 0.376 e. The zero-order valence-electron chi connectivity index (χ0n) is 11.0. The van der Waals surface area contributed by atoms with Gasteiger partial charge in [0.25, 0.3) is 0 Å². The average Bonchev–Trinajstić information content (AvgIpc) is 2.28. The van der Waals surface area contributed by atoms with Crippen LogP contribution in [0.5, 0.6) is 0 Å². The number of rotatable bonds is 6. The number of likely N-dealkylation sites (N-methyl/N-ethyl adjacent to an activating group) is 2. The number of nitrogens with two attached hydrogens (primary N) is 1. The number of hydrogen-bond acceptors (Lipinski definition) is 4. The van der Waals surface area contributed by atoms with Crippen LogP contribution in [0.25, 0.3) is 0 Å². The van der Waals surface area contributed by atoms with Crippen molar-refractivity contribution in [3.05, 3.63) is 0 Å². The van der Waals surface area contributed by atoms with E-state index in [0.717, 1.165) is 13.2 Å². The molecule has 0 radical (unpaired) electrons. The molecule has 0 aromatic carbocycles. The highest BCUT2D eigenvalue weighted by Crippen LogP contribution is 2.13. The number of ether oxygens (including phenoxy) is 1. The molecule has 0 bridgehead atoms. The van der Waals surface area contributed by atoms with E-state index in [1.165, 1.54) is 25.9 Å². The van der Waals surface area contributed by atoms with Crippen LogP contribution in [0.4, 0.5) is 0 Å². The van der Waals surface area contributed by atoms with E-state index in [-0.39, 0.29) is 6.10 Å². The summed E-state index contributed by atoms with van der Waals surface area (Å²) in [5, 5.41) is 0. The minimum atomic E-state index is 0.183. The lowest BCUT2D eigenvalue weighted by Gasteiger charge is -2.37. The molecule has 4 heteroatoms. The van der Waals surface area contributed by atoms with Crippen molar-refractivity contribution in [3.63, 3.8) is 0 Å². The summed E-state index contributed by atoms with van der Waals surface area (Å²) >= 11 is 0. The predicted molar refractivity (Wildman–Crippen MR) is 67.6 cm³/mol. The summed E-state index contributed by atoms with van der Waals surface area (Å²) in [6.07, 6.45) is 2.78. The highest BCUT2D eigenvalue weighted by atomic mass is 16.5. The van der Waals surface area contributed by atoms with Crippen LogP contribution in [-0.4, -0.2) is 68.8 Å². The van der Waals surface area contributed by atoms with Gasteiger partial charge in [-0.15, -0.1) is 0 Å². The van der Waals surface area contributed by atoms with Crippen LogP contribution < -0.4 is 5.73 Å². The van der Waals surface area contributed by atoms with Crippen LogP contribution in [-0.2, 0) is 4.74 Å². The van der Waals surface area contributed by atoms with Crippen molar-refractivity contribution in [1.82, 2.24) is 9.80 Å². The van der Waals surface area contributed by atoms with Crippen molar-refractivity contribution >= 4 is 0 Å². The summed E-state index contributed by atoms with van der Waals surface area (Å²) in [6, 6.07) is 0.660. The lowest BCUT2D eigenvalue weighted by atomic mass is 10.0. The first-order valence-electron chi connectivity index (χ1n) is 6.37. The molecule has 0 saturated carbocycles. The molecule has 2 unspecified atom stereocenters. The van der Waals surface area contributed by atoms with Crippen LogP contribution in [0.15, 0.2) is 0 Å². The molecule has 0 aromatic rings. The molecule has 0 aliphatic carbocycles. The van der Waals surface area contributed by atoms with E-state index in [4.69, 9.17) is 10.5 Å². The zero-order valence-corrected chi connectivity index (χ0v) is 11.0. The molecular formula is C12H27N3O. The van der Waals surface area contributed by atoms with Gasteiger partial charge in [-0.05, 0) is 40.4 Å². The van der Waals surface area contributed by atoms with Crippen LogP contribution in [0.1, 0.15) is 19.8 Å². The Balaban J connectivity index is 2.34. The highest BCUT2D eigenvalue weighted by molar-refractivity contribution is 4.79. The third kappa shape index (κ3) is 4.37. The van der Waals surface area contributed by atoms with Gasteiger partial charge in [0, 0.05) is 32.3 Å². The Morgan fingerprint density at radius 2 is 2.31 bits per heavy atom. The number of piperidine rings is 1. The Hall–Kier alpha value is -0.160. The van der Waals surface area contributed by atoms with Crippen LogP contribution in [0.3, 0.4) is 0 Å². The van der Waals surface area contributed by atoms with Crippen molar-refractivity contribution in [2.75, 3.05) is 46.9 Å². The highest BCUT2D eigenvalue weighted by Gasteiger charge is 2.22. The van der Waals surface area contributed by atoms with E-state index in [1.807, 2.05) is 6.92 Å². The van der Waals surface area contributed by atoms with Crippen molar-refractivity contribution < 1.29 is 4.74 Å². The second kappa shape index (κ2) is 7.22. The first-order chi connectivity index (χ1) is 7.67. The van der Waals surface area contributed by atoms with Gasteiger partial charge in [-0.2, -0.15) is 0 Å². The lowest BCUT2D eigenvalue weighted by molar-refractivity contribution is 0.0252. The summed E-state index contributed by atoms with van der Waals surface area (Å²) in [6.45, 7) is 6.73. The molecule has 1 fully saturated rings. The Morgan fingerprint density at radius 3 is 2.88 bits per heavy atom. The van der Waals surface area contributed by atoms with E-state index >= 15 is 0 Å². The van der Waals surface area contributed by atoms with Gasteiger partial charge in [0.05, 0.1) is 6.10 Å². The monoisotopic (exact) mass is 229 g/mol. The zero-order chi connectivity index (χ0) is 12.0. The van der Waals surface area contributed by atoms with Gasteiger partial charge in [0.1, 0.15) is 0 Å². The van der Waals surface area contributed by atoms with Gasteiger partial charge < -0.3 is 15.4 Å². The molecular weight excluding hydrogens is 202 g/mol. The van der Waals surface area contributed by atoms with Crippen LogP contribution in [0, 0.1) is 0 Å². The summed E-state index contributed by atoms with van der Waals surface area (Å²) in [5.74, 6) is 0. The fourth-order valence-electron chi connectivity index (χ4n) is 2.40. The summed E-state index contributed by atoms with van der Waals surface area (Å²) in [7, 11) is 4.38. The lowest BCUT2D eigenvalue weighted by Crippen LogP contribution is -2.48. The molecule has 4 nitrogen and oxygen atoms in total. The topological polar surface area (TPSA) is 41.7 Å². The Kier molecular flexibility index (Phi) is 6.28. The SMILES string of the molecule is CCOC(CN)CN(C)C1CCCN(C)C1. The van der Waals surface area contributed by atoms with Gasteiger partial charge in [-0.25, -0.2) is 0 Å². The molecule has 96 valence electrons. The van der Waals surface area contributed by atoms with Crippen molar-refractivity contribution in [3.8, 4) is 0 Å². The Morgan fingerprint density at radius 1 is 1.56 bits per heavy atom. The summed E-state index contributed by atoms with van der Waals surface area (Å²) in [5.41, 5.74) is 5.70. The smallest absolute Gasteiger partial charge is 0.0823 e. The van der Waals surface area contributed by atoms with Gasteiger partial charge in [0.2, 0.25) is 0 Å². The third-order valence-corrected chi connectivity index (χ3v) is 3.38. The normalized spacial score (nSPS) is 24.9. The molecule has 0 aromatic heterocycles. The van der Waals surface area contributed by atoms with Gasteiger partial charge in [-0.1, -0.05) is 0 Å². The second-order valence-corrected chi connectivity index (χ2v) is 4.81. The standard InChI is InChI=1S/C12H27N3O/c1-4-16-12(8-13)10-15(3)11-6-5-7-14(2)9-11/h11-12H,4-10,13H2,1-3H3. The molecule has 0 amide bonds. The van der Waals surface area contributed by atoms with E-state index in [9.17, 15) is 0 Å². The van der Waals surface area contributed by atoms with Gasteiger partial charge >= 0.3 is 0 Å². The Labute approximate surface area is 99.7 Å². The molecule has 1 heterocycles. The van der Waals surface area contributed by atoms with Gasteiger partial charge in [-0.3, -0.25) is 4.90 Å². The number of likely N-dealkylation sites (tertiary alicyclic amines) is 1. The van der Waals surface area contributed by atoms with E-state index in [2.05, 4.69) is 23.9 Å². The molecule has 1 saturated heterocycles. The second-order valence-electron chi connectivity index (χ2n) is 4.81. The maximum Gasteiger partial charge on any atom is 0.0823 e. The average molecular weight is 229 g/mol. The maximum atomic E-state index is 5.70. The molecule has 1 rings (SSSR count). The van der Waals surface area contributed by atoms with E-state index in [1.54, 1.807) is 0 Å². The van der Waals surface area contributed by atoms with Crippen LogP contribution >= 0.6 is 0 Å². The van der Waals surface area contributed by atoms with Crippen LogP contribution in [0.2, 0.25) is 0 Å². The van der Waals surface area contributed by atoms with Crippen molar-refractivity contribution in [2.24, 2.45) is 5.73 Å². The molecule has 2 N–H and O–H groups in total. The number of hydrogen-bond donors (Lipinski definition) is 1. The summed E-state index contributed by atoms with van der Waals surface area (Å²) < 4.78 is 5.60. The minimum Gasteiger partial charge on any atom is -0.376 e. The van der Waals surface area contributed by atoms with E-state index < -0.39 is 0 Å².